The van der Waals surface area contributed by atoms with Crippen molar-refractivity contribution < 1.29 is 49.4 Å². The third kappa shape index (κ3) is 5.59. The van der Waals surface area contributed by atoms with E-state index in [2.05, 4.69) is 20.3 Å². The Morgan fingerprint density at radius 2 is 1.74 bits per heavy atom. The van der Waals surface area contributed by atoms with Crippen LogP contribution in [0.2, 0.25) is 0 Å². The number of benzene rings is 1. The Hall–Kier alpha value is -2.97. The first-order valence-corrected chi connectivity index (χ1v) is 8.54. The summed E-state index contributed by atoms with van der Waals surface area (Å²) >= 11 is 0.633. The number of esters is 1. The summed E-state index contributed by atoms with van der Waals surface area (Å²) in [4.78, 5) is 22.6. The lowest BCUT2D eigenvalue weighted by molar-refractivity contribution is -0.291. The van der Waals surface area contributed by atoms with Gasteiger partial charge >= 0.3 is 24.2 Å². The number of methoxy groups -OCH3 is 1. The summed E-state index contributed by atoms with van der Waals surface area (Å²) < 4.78 is 108. The van der Waals surface area contributed by atoms with Crippen LogP contribution in [-0.4, -0.2) is 36.5 Å². The van der Waals surface area contributed by atoms with E-state index in [0.717, 1.165) is 13.2 Å². The fourth-order valence-electron chi connectivity index (χ4n) is 2.09. The number of amides is 1. The van der Waals surface area contributed by atoms with Crippen molar-refractivity contribution in [2.75, 3.05) is 7.11 Å². The van der Waals surface area contributed by atoms with E-state index in [-0.39, 0.29) is 22.2 Å². The molecule has 0 saturated carbocycles. The highest BCUT2D eigenvalue weighted by Gasteiger charge is 2.61. The molecule has 15 heteroatoms. The van der Waals surface area contributed by atoms with E-state index in [1.165, 1.54) is 0 Å². The lowest BCUT2D eigenvalue weighted by Gasteiger charge is -2.23. The number of carbonyl (C=O) groups excluding carboxylic acids is 2. The first-order valence-electron chi connectivity index (χ1n) is 7.73. The Bertz CT molecular complexity index is 983. The molecule has 1 N–H and O–H groups in total. The molecular formula is C16H9F8N3O3S. The maximum Gasteiger partial charge on any atom is 0.458 e. The molecule has 168 valence electrons. The number of thioether (sulfide) groups is 1. The molecule has 1 aromatic carbocycles. The van der Waals surface area contributed by atoms with E-state index in [1.807, 2.05) is 0 Å². The fraction of sp³-hybridized carbons (Fsp3) is 0.250. The van der Waals surface area contributed by atoms with Gasteiger partial charge in [0.05, 0.1) is 23.8 Å². The third-order valence-electron chi connectivity index (χ3n) is 3.50. The number of nitrogens with one attached hydrogen (secondary N) is 1. The highest BCUT2D eigenvalue weighted by molar-refractivity contribution is 8.18. The highest BCUT2D eigenvalue weighted by atomic mass is 32.2. The summed E-state index contributed by atoms with van der Waals surface area (Å²) in [6, 6.07) is 0.668. The molecule has 31 heavy (non-hydrogen) atoms. The zero-order chi connectivity index (χ0) is 23.6. The van der Waals surface area contributed by atoms with Crippen molar-refractivity contribution in [3.05, 3.63) is 45.9 Å². The molecular weight excluding hydrogens is 466 g/mol. The minimum Gasteiger partial charge on any atom is -0.466 e. The maximum atomic E-state index is 13.6. The Morgan fingerprint density at radius 1 is 1.10 bits per heavy atom. The monoisotopic (exact) mass is 475 g/mol. The Labute approximate surface area is 172 Å². The summed E-state index contributed by atoms with van der Waals surface area (Å²) in [6.45, 7) is 0. The SMILES string of the molecule is COC(=O)/C=C1/S/C(=N\N=Cc2ccc(C(F)(F)F)c(C(F)(F)C(F)(F)F)c2)NC1=O. The zero-order valence-corrected chi connectivity index (χ0v) is 15.8. The molecule has 2 rings (SSSR count). The molecule has 0 bridgehead atoms. The molecule has 1 fully saturated rings. The minimum atomic E-state index is -6.27. The van der Waals surface area contributed by atoms with Crippen molar-refractivity contribution in [3.8, 4) is 0 Å². The van der Waals surface area contributed by atoms with E-state index in [0.29, 0.717) is 24.0 Å². The van der Waals surface area contributed by atoms with Crippen LogP contribution in [0.5, 0.6) is 0 Å². The van der Waals surface area contributed by atoms with E-state index in [1.54, 1.807) is 0 Å². The van der Waals surface area contributed by atoms with Crippen LogP contribution in [0.4, 0.5) is 35.1 Å². The molecule has 0 aromatic heterocycles. The summed E-state index contributed by atoms with van der Waals surface area (Å²) in [6.07, 6.45) is -10.3. The molecule has 1 aromatic rings. The number of nitrogens with zero attached hydrogens (tertiary/aromatic N) is 2. The molecule has 0 atom stereocenters. The normalized spacial score (nSPS) is 18.2. The van der Waals surface area contributed by atoms with Gasteiger partial charge in [0, 0.05) is 11.6 Å². The minimum absolute atomic E-state index is 0.0110. The summed E-state index contributed by atoms with van der Waals surface area (Å²) in [7, 11) is 1.07. The van der Waals surface area contributed by atoms with Gasteiger partial charge in [0.2, 0.25) is 0 Å². The molecule has 1 amide bonds. The fourth-order valence-corrected chi connectivity index (χ4v) is 2.83. The van der Waals surface area contributed by atoms with Crippen molar-refractivity contribution in [2.45, 2.75) is 18.3 Å². The smallest absolute Gasteiger partial charge is 0.458 e. The lowest BCUT2D eigenvalue weighted by atomic mass is 9.98. The van der Waals surface area contributed by atoms with Gasteiger partial charge in [-0.05, 0) is 29.5 Å². The Kier molecular flexibility index (Phi) is 6.78. The van der Waals surface area contributed by atoms with Gasteiger partial charge in [0.15, 0.2) is 5.17 Å². The van der Waals surface area contributed by atoms with Crippen LogP contribution < -0.4 is 5.32 Å². The summed E-state index contributed by atoms with van der Waals surface area (Å²) in [5.74, 6) is -7.37. The van der Waals surface area contributed by atoms with Gasteiger partial charge in [-0.15, -0.1) is 5.10 Å². The number of carbonyl (C=O) groups is 2. The number of hydrogen-bond acceptors (Lipinski definition) is 6. The van der Waals surface area contributed by atoms with Crippen LogP contribution in [0.1, 0.15) is 16.7 Å². The van der Waals surface area contributed by atoms with E-state index in [9.17, 15) is 44.7 Å². The number of alkyl halides is 8. The molecule has 0 radical (unpaired) electrons. The molecule has 6 nitrogen and oxygen atoms in total. The largest absolute Gasteiger partial charge is 0.466 e. The summed E-state index contributed by atoms with van der Waals surface area (Å²) in [5, 5.41) is 8.78. The Balaban J connectivity index is 2.35. The van der Waals surface area contributed by atoms with Gasteiger partial charge in [-0.2, -0.15) is 40.2 Å². The first kappa shape index (κ1) is 24.3. The van der Waals surface area contributed by atoms with Crippen LogP contribution in [-0.2, 0) is 26.4 Å². The topological polar surface area (TPSA) is 80.1 Å². The van der Waals surface area contributed by atoms with Crippen LogP contribution in [0, 0.1) is 0 Å². The first-order chi connectivity index (χ1) is 14.2. The average molecular weight is 475 g/mol. The van der Waals surface area contributed by atoms with Gasteiger partial charge in [-0.3, -0.25) is 10.1 Å². The molecule has 1 aliphatic rings. The van der Waals surface area contributed by atoms with Gasteiger partial charge in [0.1, 0.15) is 0 Å². The number of hydrogen-bond donors (Lipinski definition) is 1. The van der Waals surface area contributed by atoms with E-state index in [4.69, 9.17) is 0 Å². The van der Waals surface area contributed by atoms with Crippen LogP contribution in [0.15, 0.2) is 39.4 Å². The number of halogens is 8. The standard InChI is InChI=1S/C16H9F8N3O3S/c1-30-11(28)5-10-12(29)26-13(31-10)27-25-6-7-2-3-8(15(19,20)21)9(4-7)14(17,18)16(22,23)24/h2-6H,1H3,(H,26,27,29)/b10-5+,25-6?. The molecule has 0 spiro atoms. The van der Waals surface area contributed by atoms with Crippen molar-refractivity contribution >= 4 is 35.0 Å². The molecule has 1 saturated heterocycles. The van der Waals surface area contributed by atoms with Crippen molar-refractivity contribution in [2.24, 2.45) is 10.2 Å². The highest BCUT2D eigenvalue weighted by Crippen LogP contribution is 2.48. The summed E-state index contributed by atoms with van der Waals surface area (Å²) in [5.41, 5.74) is -5.00. The second kappa shape index (κ2) is 8.64. The lowest BCUT2D eigenvalue weighted by Crippen LogP contribution is -2.35. The van der Waals surface area contributed by atoms with Crippen LogP contribution in [0.3, 0.4) is 0 Å². The van der Waals surface area contributed by atoms with Crippen LogP contribution >= 0.6 is 11.8 Å². The molecule has 1 aliphatic heterocycles. The maximum absolute atomic E-state index is 13.6. The van der Waals surface area contributed by atoms with Crippen molar-refractivity contribution in [1.29, 1.82) is 0 Å². The Morgan fingerprint density at radius 3 is 2.29 bits per heavy atom. The van der Waals surface area contributed by atoms with E-state index >= 15 is 0 Å². The van der Waals surface area contributed by atoms with Crippen molar-refractivity contribution in [1.82, 2.24) is 5.32 Å². The van der Waals surface area contributed by atoms with E-state index < -0.39 is 46.8 Å². The van der Waals surface area contributed by atoms with Gasteiger partial charge < -0.3 is 4.74 Å². The predicted molar refractivity (Wildman–Crippen MR) is 92.3 cm³/mol. The quantitative estimate of drug-likeness (QED) is 0.235. The number of ether oxygens (including phenoxy) is 1. The van der Waals surface area contributed by atoms with Crippen molar-refractivity contribution in [3.63, 3.8) is 0 Å². The predicted octanol–water partition coefficient (Wildman–Crippen LogP) is 3.97. The van der Waals surface area contributed by atoms with Gasteiger partial charge in [-0.25, -0.2) is 4.79 Å². The second-order valence-corrected chi connectivity index (χ2v) is 6.64. The average Bonchev–Trinajstić information content (AvgIpc) is 2.99. The molecule has 0 aliphatic carbocycles. The zero-order valence-electron chi connectivity index (χ0n) is 14.9. The number of rotatable bonds is 4. The van der Waals surface area contributed by atoms with Gasteiger partial charge in [-0.1, -0.05) is 6.07 Å². The number of amidine groups is 1. The van der Waals surface area contributed by atoms with Crippen LogP contribution in [0.25, 0.3) is 0 Å². The van der Waals surface area contributed by atoms with Gasteiger partial charge in [0.25, 0.3) is 5.91 Å². The molecule has 1 heterocycles. The third-order valence-corrected chi connectivity index (χ3v) is 4.40. The molecule has 0 unspecified atom stereocenters. The second-order valence-electron chi connectivity index (χ2n) is 5.61.